The number of non-ortho nitro benzene ring substituents is 1. The van der Waals surface area contributed by atoms with Crippen LogP contribution in [0.4, 0.5) is 5.69 Å². The van der Waals surface area contributed by atoms with Crippen LogP contribution in [0.2, 0.25) is 0 Å². The second-order valence-corrected chi connectivity index (χ2v) is 2.75. The zero-order valence-electron chi connectivity index (χ0n) is 9.81. The molecule has 1 rings (SSSR count). The van der Waals surface area contributed by atoms with E-state index in [1.54, 1.807) is 6.92 Å². The van der Waals surface area contributed by atoms with E-state index >= 15 is 0 Å². The van der Waals surface area contributed by atoms with Gasteiger partial charge in [-0.3, -0.25) is 10.1 Å². The van der Waals surface area contributed by atoms with Gasteiger partial charge in [0.2, 0.25) is 0 Å². The predicted octanol–water partition coefficient (Wildman–Crippen LogP) is 2.72. The van der Waals surface area contributed by atoms with E-state index in [4.69, 9.17) is 0 Å². The highest BCUT2D eigenvalue weighted by Gasteiger charge is 2.14. The summed E-state index contributed by atoms with van der Waals surface area (Å²) in [6.07, 6.45) is 0. The van der Waals surface area contributed by atoms with Crippen molar-refractivity contribution in [3.63, 3.8) is 0 Å². The van der Waals surface area contributed by atoms with Crippen molar-refractivity contribution in [3.8, 4) is 0 Å². The van der Waals surface area contributed by atoms with Crippen LogP contribution in [-0.2, 0) is 4.74 Å². The van der Waals surface area contributed by atoms with Crippen LogP contribution < -0.4 is 0 Å². The van der Waals surface area contributed by atoms with Gasteiger partial charge in [-0.15, -0.1) is 0 Å². The van der Waals surface area contributed by atoms with E-state index in [0.717, 1.165) is 0 Å². The first-order valence-electron chi connectivity index (χ1n) is 4.89. The SMILES string of the molecule is CC.COC(=O)c1cc([N+](=O)[O-])ccc1C. The quantitative estimate of drug-likeness (QED) is 0.441. The van der Waals surface area contributed by atoms with Crippen LogP contribution in [0.3, 0.4) is 0 Å². The maximum Gasteiger partial charge on any atom is 0.338 e. The third-order valence-corrected chi connectivity index (χ3v) is 1.84. The highest BCUT2D eigenvalue weighted by Crippen LogP contribution is 2.17. The molecule has 0 saturated carbocycles. The highest BCUT2D eigenvalue weighted by atomic mass is 16.6. The Labute approximate surface area is 94.2 Å². The molecule has 0 heterocycles. The van der Waals surface area contributed by atoms with Crippen molar-refractivity contribution in [1.82, 2.24) is 0 Å². The maximum absolute atomic E-state index is 11.2. The summed E-state index contributed by atoms with van der Waals surface area (Å²) in [6, 6.07) is 4.08. The van der Waals surface area contributed by atoms with Gasteiger partial charge in [0, 0.05) is 12.1 Å². The number of carbonyl (C=O) groups is 1. The molecule has 0 aliphatic carbocycles. The number of aryl methyl sites for hydroxylation is 1. The first-order chi connectivity index (χ1) is 7.56. The second-order valence-electron chi connectivity index (χ2n) is 2.75. The summed E-state index contributed by atoms with van der Waals surface area (Å²) in [6.45, 7) is 5.69. The summed E-state index contributed by atoms with van der Waals surface area (Å²) in [4.78, 5) is 21.0. The largest absolute Gasteiger partial charge is 0.465 e. The number of carbonyl (C=O) groups excluding carboxylic acids is 1. The fourth-order valence-corrected chi connectivity index (χ4v) is 1.05. The minimum atomic E-state index is -0.564. The van der Waals surface area contributed by atoms with Crippen molar-refractivity contribution in [2.75, 3.05) is 7.11 Å². The minimum Gasteiger partial charge on any atom is -0.465 e. The normalized spacial score (nSPS) is 8.75. The Kier molecular flexibility index (Phi) is 5.77. The van der Waals surface area contributed by atoms with Crippen molar-refractivity contribution < 1.29 is 14.5 Å². The predicted molar refractivity (Wildman–Crippen MR) is 60.5 cm³/mol. The van der Waals surface area contributed by atoms with Gasteiger partial charge in [-0.25, -0.2) is 4.79 Å². The van der Waals surface area contributed by atoms with E-state index in [1.165, 1.54) is 25.3 Å². The van der Waals surface area contributed by atoms with Gasteiger partial charge < -0.3 is 4.74 Å². The van der Waals surface area contributed by atoms with Gasteiger partial charge >= 0.3 is 5.97 Å². The van der Waals surface area contributed by atoms with Crippen molar-refractivity contribution in [1.29, 1.82) is 0 Å². The molecule has 0 radical (unpaired) electrons. The third kappa shape index (κ3) is 3.34. The topological polar surface area (TPSA) is 69.4 Å². The van der Waals surface area contributed by atoms with E-state index in [9.17, 15) is 14.9 Å². The molecular formula is C11H15NO4. The molecule has 16 heavy (non-hydrogen) atoms. The monoisotopic (exact) mass is 225 g/mol. The van der Waals surface area contributed by atoms with Gasteiger partial charge in [-0.05, 0) is 12.5 Å². The molecular weight excluding hydrogens is 210 g/mol. The number of nitrogens with zero attached hydrogens (tertiary/aromatic N) is 1. The van der Waals surface area contributed by atoms with E-state index in [-0.39, 0.29) is 11.3 Å². The fraction of sp³-hybridized carbons (Fsp3) is 0.364. The molecule has 5 heteroatoms. The van der Waals surface area contributed by atoms with E-state index in [0.29, 0.717) is 5.56 Å². The minimum absolute atomic E-state index is 0.115. The molecule has 0 fully saturated rings. The molecule has 0 aromatic heterocycles. The molecule has 0 atom stereocenters. The number of esters is 1. The van der Waals surface area contributed by atoms with E-state index in [1.807, 2.05) is 13.8 Å². The molecule has 1 aromatic rings. The van der Waals surface area contributed by atoms with Crippen LogP contribution in [0.1, 0.15) is 29.8 Å². The van der Waals surface area contributed by atoms with Crippen LogP contribution in [0.15, 0.2) is 18.2 Å². The summed E-state index contributed by atoms with van der Waals surface area (Å²) in [5.41, 5.74) is 0.764. The maximum atomic E-state index is 11.2. The summed E-state index contributed by atoms with van der Waals surface area (Å²) in [5, 5.41) is 10.4. The van der Waals surface area contributed by atoms with Gasteiger partial charge in [0.1, 0.15) is 0 Å². The number of rotatable bonds is 2. The van der Waals surface area contributed by atoms with Crippen LogP contribution in [0, 0.1) is 17.0 Å². The summed E-state index contributed by atoms with van der Waals surface area (Å²) < 4.78 is 4.49. The number of hydrogen-bond acceptors (Lipinski definition) is 4. The van der Waals surface area contributed by atoms with Crippen molar-refractivity contribution >= 4 is 11.7 Å². The van der Waals surface area contributed by atoms with Gasteiger partial charge in [-0.1, -0.05) is 19.9 Å². The fourth-order valence-electron chi connectivity index (χ4n) is 1.05. The molecule has 0 N–H and O–H groups in total. The average molecular weight is 225 g/mol. The molecule has 0 amide bonds. The van der Waals surface area contributed by atoms with Gasteiger partial charge in [0.05, 0.1) is 17.6 Å². The van der Waals surface area contributed by atoms with Crippen LogP contribution >= 0.6 is 0 Å². The van der Waals surface area contributed by atoms with Crippen LogP contribution in [0.5, 0.6) is 0 Å². The molecule has 0 unspecified atom stereocenters. The van der Waals surface area contributed by atoms with Crippen LogP contribution in [-0.4, -0.2) is 18.0 Å². The summed E-state index contributed by atoms with van der Waals surface area (Å²) in [5.74, 6) is -0.564. The Morgan fingerprint density at radius 3 is 2.38 bits per heavy atom. The van der Waals surface area contributed by atoms with E-state index < -0.39 is 10.9 Å². The molecule has 0 spiro atoms. The van der Waals surface area contributed by atoms with Gasteiger partial charge in [0.25, 0.3) is 5.69 Å². The molecule has 1 aromatic carbocycles. The number of benzene rings is 1. The first kappa shape index (κ1) is 14.1. The lowest BCUT2D eigenvalue weighted by Crippen LogP contribution is -2.04. The third-order valence-electron chi connectivity index (χ3n) is 1.84. The Morgan fingerprint density at radius 2 is 1.94 bits per heavy atom. The standard InChI is InChI=1S/C9H9NO4.C2H6/c1-6-3-4-7(10(12)13)5-8(6)9(11)14-2;1-2/h3-5H,1-2H3;1-2H3. The summed E-state index contributed by atoms with van der Waals surface area (Å²) in [7, 11) is 1.24. The second kappa shape index (κ2) is 6.55. The Morgan fingerprint density at radius 1 is 1.38 bits per heavy atom. The first-order valence-corrected chi connectivity index (χ1v) is 4.89. The zero-order chi connectivity index (χ0) is 12.7. The number of ether oxygens (including phenoxy) is 1. The Bertz CT molecular complexity index is 388. The Hall–Kier alpha value is -1.91. The lowest BCUT2D eigenvalue weighted by atomic mass is 10.1. The molecule has 0 bridgehead atoms. The molecule has 0 aliphatic rings. The van der Waals surface area contributed by atoms with Gasteiger partial charge in [0.15, 0.2) is 0 Å². The lowest BCUT2D eigenvalue weighted by Gasteiger charge is -2.02. The van der Waals surface area contributed by atoms with Crippen molar-refractivity contribution in [3.05, 3.63) is 39.4 Å². The van der Waals surface area contributed by atoms with Gasteiger partial charge in [-0.2, -0.15) is 0 Å². The summed E-state index contributed by atoms with van der Waals surface area (Å²) >= 11 is 0. The number of nitro groups is 1. The molecule has 0 aliphatic heterocycles. The highest BCUT2D eigenvalue weighted by molar-refractivity contribution is 5.91. The zero-order valence-corrected chi connectivity index (χ0v) is 9.81. The molecule has 0 saturated heterocycles. The van der Waals surface area contributed by atoms with E-state index in [2.05, 4.69) is 4.74 Å². The number of nitro benzene ring substituents is 1. The van der Waals surface area contributed by atoms with Crippen molar-refractivity contribution in [2.45, 2.75) is 20.8 Å². The Balaban J connectivity index is 0.00000106. The molecule has 5 nitrogen and oxygen atoms in total. The smallest absolute Gasteiger partial charge is 0.338 e. The van der Waals surface area contributed by atoms with Crippen molar-refractivity contribution in [2.24, 2.45) is 0 Å². The average Bonchev–Trinajstić information content (AvgIpc) is 2.31. The molecule has 88 valence electrons. The lowest BCUT2D eigenvalue weighted by molar-refractivity contribution is -0.384. The number of methoxy groups -OCH3 is 1. The van der Waals surface area contributed by atoms with Crippen LogP contribution in [0.25, 0.3) is 0 Å². The number of hydrogen-bond donors (Lipinski definition) is 0.